The van der Waals surface area contributed by atoms with E-state index in [0.29, 0.717) is 44.9 Å². The fourth-order valence-corrected chi connectivity index (χ4v) is 15.0. The van der Waals surface area contributed by atoms with E-state index in [1.807, 2.05) is 0 Å². The molecule has 11 N–H and O–H groups in total. The van der Waals surface area contributed by atoms with E-state index >= 15 is 0 Å². The molecule has 0 spiro atoms. The van der Waals surface area contributed by atoms with Crippen molar-refractivity contribution in [1.82, 2.24) is 0 Å². The molecule has 68 heavy (non-hydrogen) atoms. The second kappa shape index (κ2) is 18.0. The largest absolute Gasteiger partial charge is 0.479 e. The number of carbonyl (C=O) groups is 3. The van der Waals surface area contributed by atoms with Crippen LogP contribution in [0.2, 0.25) is 0 Å². The zero-order valence-electron chi connectivity index (χ0n) is 39.9. The van der Waals surface area contributed by atoms with Gasteiger partial charge in [-0.3, -0.25) is 4.79 Å². The molecule has 0 aromatic carbocycles. The first kappa shape index (κ1) is 52.1. The number of carbonyl (C=O) groups excluding carboxylic acids is 2. The number of fused-ring (bicyclic) bond motifs is 7. The molecular formula is C48H74O20. The first-order valence-electron chi connectivity index (χ1n) is 24.3. The third kappa shape index (κ3) is 7.86. The number of aliphatic hydroxyl groups excluding tert-OH is 10. The summed E-state index contributed by atoms with van der Waals surface area (Å²) in [6, 6.07) is 0. The number of hydrogen-bond donors (Lipinski definition) is 11. The molecule has 0 bridgehead atoms. The number of esters is 1. The van der Waals surface area contributed by atoms with Gasteiger partial charge in [0.05, 0.1) is 35.7 Å². The SMILES string of the molecule is CC1OC(OC2C(O)C(OC3C(O)CC4(C)C(CCC5(C)C4CC=C4C6CC(C)(C)CCC6(C(=O)OC6OC(CO)C(O)C(O)C6O)CCC45C)C3(C)C=O)OC(C(=O)O)C2O)C(O)C(O)C1O. The van der Waals surface area contributed by atoms with Gasteiger partial charge in [0.2, 0.25) is 6.29 Å². The van der Waals surface area contributed by atoms with E-state index in [4.69, 9.17) is 28.4 Å². The number of aliphatic hydroxyl groups is 10. The van der Waals surface area contributed by atoms with E-state index in [1.165, 1.54) is 6.92 Å². The highest BCUT2D eigenvalue weighted by Crippen LogP contribution is 2.76. The van der Waals surface area contributed by atoms with Gasteiger partial charge in [0, 0.05) is 0 Å². The van der Waals surface area contributed by atoms with Crippen LogP contribution in [0, 0.1) is 50.2 Å². The quantitative estimate of drug-likeness (QED) is 0.0595. The molecule has 0 aromatic rings. The Morgan fingerprint density at radius 3 is 2.00 bits per heavy atom. The molecular weight excluding hydrogens is 897 g/mol. The molecule has 20 heteroatoms. The molecule has 25 atom stereocenters. The average Bonchev–Trinajstić information content (AvgIpc) is 3.27. The van der Waals surface area contributed by atoms with E-state index in [0.717, 1.165) is 18.3 Å². The lowest BCUT2D eigenvalue weighted by Crippen LogP contribution is -2.69. The van der Waals surface area contributed by atoms with E-state index < -0.39 is 156 Å². The average molecular weight is 971 g/mol. The molecule has 3 heterocycles. The molecule has 4 saturated carbocycles. The van der Waals surface area contributed by atoms with Gasteiger partial charge < -0.3 is 89.4 Å². The topological polar surface area (TPSA) is 329 Å². The number of rotatable bonds is 9. The van der Waals surface area contributed by atoms with Crippen molar-refractivity contribution in [2.45, 2.75) is 211 Å². The molecule has 0 radical (unpaired) electrons. The van der Waals surface area contributed by atoms with Gasteiger partial charge in [0.25, 0.3) is 0 Å². The van der Waals surface area contributed by atoms with Crippen molar-refractivity contribution in [1.29, 1.82) is 0 Å². The Bertz CT molecular complexity index is 1950. The third-order valence-corrected chi connectivity index (χ3v) is 19.2. The summed E-state index contributed by atoms with van der Waals surface area (Å²) in [5.41, 5.74) is -3.01. The summed E-state index contributed by atoms with van der Waals surface area (Å²) in [5.74, 6) is -2.99. The fourth-order valence-electron chi connectivity index (χ4n) is 15.0. The Kier molecular flexibility index (Phi) is 13.8. The minimum absolute atomic E-state index is 0.0958. The van der Waals surface area contributed by atoms with E-state index in [9.17, 15) is 70.6 Å². The molecule has 7 fully saturated rings. The molecule has 0 aromatic heterocycles. The van der Waals surface area contributed by atoms with Crippen LogP contribution in [-0.4, -0.2) is 185 Å². The number of aliphatic carboxylic acids is 1. The smallest absolute Gasteiger partial charge is 0.335 e. The van der Waals surface area contributed by atoms with Crippen molar-refractivity contribution in [2.24, 2.45) is 50.2 Å². The number of hydrogen-bond acceptors (Lipinski definition) is 19. The predicted molar refractivity (Wildman–Crippen MR) is 231 cm³/mol. The zero-order valence-corrected chi connectivity index (χ0v) is 39.9. The number of allylic oxidation sites excluding steroid dienone is 2. The van der Waals surface area contributed by atoms with Gasteiger partial charge in [-0.25, -0.2) is 4.79 Å². The second-order valence-electron chi connectivity index (χ2n) is 23.3. The van der Waals surface area contributed by atoms with Gasteiger partial charge >= 0.3 is 11.9 Å². The number of ether oxygens (including phenoxy) is 6. The summed E-state index contributed by atoms with van der Waals surface area (Å²) in [6.45, 7) is 13.4. The lowest BCUT2D eigenvalue weighted by molar-refractivity contribution is -0.366. The van der Waals surface area contributed by atoms with Crippen molar-refractivity contribution in [3.8, 4) is 0 Å². The Hall–Kier alpha value is -2.25. The second-order valence-corrected chi connectivity index (χ2v) is 23.3. The van der Waals surface area contributed by atoms with Gasteiger partial charge in [-0.2, -0.15) is 0 Å². The van der Waals surface area contributed by atoms with Crippen LogP contribution in [0.4, 0.5) is 0 Å². The molecule has 25 unspecified atom stereocenters. The maximum atomic E-state index is 14.7. The minimum Gasteiger partial charge on any atom is -0.479 e. The molecule has 20 nitrogen and oxygen atoms in total. The molecule has 8 aliphatic rings. The maximum Gasteiger partial charge on any atom is 0.335 e. The van der Waals surface area contributed by atoms with Crippen LogP contribution < -0.4 is 0 Å². The Balaban J connectivity index is 1.06. The molecule has 5 aliphatic carbocycles. The Morgan fingerprint density at radius 1 is 0.721 bits per heavy atom. The number of carboxylic acids is 1. The van der Waals surface area contributed by atoms with Crippen molar-refractivity contribution < 1.29 is 99.0 Å². The summed E-state index contributed by atoms with van der Waals surface area (Å²) < 4.78 is 34.8. The van der Waals surface area contributed by atoms with Crippen LogP contribution >= 0.6 is 0 Å². The van der Waals surface area contributed by atoms with E-state index in [-0.39, 0.29) is 23.7 Å². The standard InChI is InChI=1S/C48H74O20/c1-20-27(52)29(54)31(56)39(63-20)65-35-33(58)36(38(60)61)66-41(34(35)59)67-37-23(51)17-44(4)25(45(37,5)19-50)10-11-47(7)26(44)9-8-21-22-16-43(2,3)12-14-48(22,15-13-46(21,47)6)42(62)68-40-32(57)30(55)28(53)24(18-49)64-40/h8,19-20,22-37,39-41,49,51-59H,9-18H2,1-7H3,(H,60,61). The molecule has 3 aliphatic heterocycles. The van der Waals surface area contributed by atoms with Crippen LogP contribution in [0.25, 0.3) is 0 Å². The van der Waals surface area contributed by atoms with Gasteiger partial charge in [-0.05, 0) is 104 Å². The van der Waals surface area contributed by atoms with Crippen LogP contribution in [-0.2, 0) is 42.8 Å². The van der Waals surface area contributed by atoms with Gasteiger partial charge in [-0.1, -0.05) is 53.2 Å². The third-order valence-electron chi connectivity index (χ3n) is 19.2. The highest BCUT2D eigenvalue weighted by Gasteiger charge is 2.72. The van der Waals surface area contributed by atoms with E-state index in [1.54, 1.807) is 6.92 Å². The number of aldehydes is 1. The predicted octanol–water partition coefficient (Wildman–Crippen LogP) is -0.590. The molecule has 8 rings (SSSR count). The summed E-state index contributed by atoms with van der Waals surface area (Å²) >= 11 is 0. The van der Waals surface area contributed by atoms with Crippen LogP contribution in [0.15, 0.2) is 11.6 Å². The number of carboxylic acid groups (broad SMARTS) is 1. The first-order valence-corrected chi connectivity index (χ1v) is 24.3. The molecule has 3 saturated heterocycles. The summed E-state index contributed by atoms with van der Waals surface area (Å²) in [6.07, 6.45) is -20.6. The van der Waals surface area contributed by atoms with Crippen LogP contribution in [0.3, 0.4) is 0 Å². The highest BCUT2D eigenvalue weighted by atomic mass is 16.7. The van der Waals surface area contributed by atoms with Gasteiger partial charge in [0.15, 0.2) is 18.7 Å². The van der Waals surface area contributed by atoms with Crippen molar-refractivity contribution in [3.63, 3.8) is 0 Å². The first-order chi connectivity index (χ1) is 31.7. The maximum absolute atomic E-state index is 14.7. The Labute approximate surface area is 395 Å². The van der Waals surface area contributed by atoms with Crippen molar-refractivity contribution >= 4 is 18.2 Å². The zero-order chi connectivity index (χ0) is 50.0. The van der Waals surface area contributed by atoms with Gasteiger partial charge in [0.1, 0.15) is 67.3 Å². The summed E-state index contributed by atoms with van der Waals surface area (Å²) in [4.78, 5) is 40.7. The molecule has 0 amide bonds. The minimum atomic E-state index is -2.05. The Morgan fingerprint density at radius 2 is 1.35 bits per heavy atom. The van der Waals surface area contributed by atoms with Crippen LogP contribution in [0.1, 0.15) is 106 Å². The lowest BCUT2D eigenvalue weighted by Gasteiger charge is -2.71. The fraction of sp³-hybridized carbons (Fsp3) is 0.896. The van der Waals surface area contributed by atoms with Gasteiger partial charge in [-0.15, -0.1) is 0 Å². The lowest BCUT2D eigenvalue weighted by atomic mass is 9.33. The highest BCUT2D eigenvalue weighted by molar-refractivity contribution is 5.79. The monoisotopic (exact) mass is 970 g/mol. The van der Waals surface area contributed by atoms with E-state index in [2.05, 4.69) is 40.7 Å². The van der Waals surface area contributed by atoms with Crippen LogP contribution in [0.5, 0.6) is 0 Å². The van der Waals surface area contributed by atoms with Crippen molar-refractivity contribution in [3.05, 3.63) is 11.6 Å². The normalized spacial score (nSPS) is 54.5. The summed E-state index contributed by atoms with van der Waals surface area (Å²) in [7, 11) is 0. The summed E-state index contributed by atoms with van der Waals surface area (Å²) in [5, 5.41) is 118. The molecule has 386 valence electrons. The van der Waals surface area contributed by atoms with Crippen molar-refractivity contribution in [2.75, 3.05) is 6.61 Å².